The van der Waals surface area contributed by atoms with Gasteiger partial charge in [0.2, 0.25) is 22.8 Å². The average molecular weight is 1650 g/mol. The number of thiophene rings is 4. The highest BCUT2D eigenvalue weighted by Gasteiger charge is 2.25. The van der Waals surface area contributed by atoms with Crippen LogP contribution in [0.5, 0.6) is 0 Å². The van der Waals surface area contributed by atoms with Gasteiger partial charge in [-0.15, -0.1) is 45.3 Å². The highest BCUT2D eigenvalue weighted by atomic mass is 32.1. The Kier molecular flexibility index (Phi) is 18.3. The third-order valence-electron chi connectivity index (χ3n) is 24.8. The summed E-state index contributed by atoms with van der Waals surface area (Å²) in [6.07, 6.45) is 14.5. The zero-order valence-corrected chi connectivity index (χ0v) is 72.7. The van der Waals surface area contributed by atoms with Crippen LogP contribution in [0, 0.1) is 48.3 Å². The van der Waals surface area contributed by atoms with E-state index in [1.807, 2.05) is 77.4 Å². The summed E-state index contributed by atoms with van der Waals surface area (Å²) in [7, 11) is 8.40. The fraction of sp³-hybridized carbons (Fsp3) is 0.150. The molecule has 0 unspecified atom stereocenters. The third-order valence-corrected chi connectivity index (χ3v) is 29.2. The van der Waals surface area contributed by atoms with Gasteiger partial charge in [0.15, 0.2) is 24.8 Å². The summed E-state index contributed by atoms with van der Waals surface area (Å²) in [5.74, 6) is -0.405. The third kappa shape index (κ3) is 14.9. The number of nitrogens with zero attached hydrogens (tertiary/aromatic N) is 4. The summed E-state index contributed by atoms with van der Waals surface area (Å²) >= 11 is 7.38. The summed E-state index contributed by atoms with van der Waals surface area (Å²) in [6, 6.07) is 104. The van der Waals surface area contributed by atoms with Crippen LogP contribution >= 0.6 is 45.3 Å². The lowest BCUT2D eigenvalue weighted by Crippen LogP contribution is -2.30. The van der Waals surface area contributed by atoms with Crippen molar-refractivity contribution in [3.05, 3.63) is 360 Å². The average Bonchev–Trinajstić information content (AvgIpc) is 1.56. The lowest BCUT2D eigenvalue weighted by Gasteiger charge is -2.22. The van der Waals surface area contributed by atoms with Crippen molar-refractivity contribution in [2.75, 3.05) is 0 Å². The molecule has 0 amide bonds. The second-order valence-electron chi connectivity index (χ2n) is 33.1. The monoisotopic (exact) mass is 1640 g/mol. The van der Waals surface area contributed by atoms with E-state index in [0.717, 1.165) is 46.5 Å². The first-order valence-electron chi connectivity index (χ1n) is 45.3. The van der Waals surface area contributed by atoms with Crippen molar-refractivity contribution in [1.82, 2.24) is 0 Å². The Bertz CT molecular complexity index is 8210. The van der Waals surface area contributed by atoms with Gasteiger partial charge in [0, 0.05) is 118 Å². The van der Waals surface area contributed by atoms with Crippen molar-refractivity contribution in [2.45, 2.75) is 86.3 Å². The Morgan fingerprint density at radius 2 is 0.579 bits per heavy atom. The van der Waals surface area contributed by atoms with E-state index >= 15 is 0 Å². The molecule has 14 aromatic carbocycles. The normalized spacial score (nSPS) is 13.9. The molecule has 0 atom stereocenters. The van der Waals surface area contributed by atoms with Gasteiger partial charge in [0.1, 0.15) is 28.2 Å². The molecule has 0 spiro atoms. The number of fused-ring (bicyclic) bond motifs is 16. The minimum Gasteiger partial charge on any atom is -0.200 e. The summed E-state index contributed by atoms with van der Waals surface area (Å²) in [6.45, 7) is 6.28. The molecule has 4 nitrogen and oxygen atoms in total. The van der Waals surface area contributed by atoms with Crippen LogP contribution in [-0.2, 0) is 28.2 Å². The van der Waals surface area contributed by atoms with Crippen LogP contribution < -0.4 is 18.3 Å². The van der Waals surface area contributed by atoms with Crippen molar-refractivity contribution < 1.29 is 27.9 Å². The second kappa shape index (κ2) is 32.0. The van der Waals surface area contributed by atoms with E-state index in [2.05, 4.69) is 341 Å². The Labute approximate surface area is 733 Å². The molecule has 1 aliphatic carbocycles. The Balaban J connectivity index is 0.000000107. The minimum atomic E-state index is -2.10. The lowest BCUT2D eigenvalue weighted by molar-refractivity contribution is -0.659. The molecule has 0 radical (unpaired) electrons. The Morgan fingerprint density at radius 3 is 0.950 bits per heavy atom. The van der Waals surface area contributed by atoms with Crippen molar-refractivity contribution >= 4 is 169 Å². The zero-order valence-electron chi connectivity index (χ0n) is 76.5. The van der Waals surface area contributed by atoms with E-state index in [-0.39, 0.29) is 0 Å². The first kappa shape index (κ1) is 69.4. The van der Waals surface area contributed by atoms with Gasteiger partial charge in [-0.1, -0.05) is 218 Å². The van der Waals surface area contributed by atoms with E-state index < -0.39 is 19.6 Å². The molecule has 22 aromatic rings. The van der Waals surface area contributed by atoms with Gasteiger partial charge in [-0.3, -0.25) is 0 Å². The van der Waals surface area contributed by atoms with Crippen LogP contribution in [-0.4, -0.2) is 0 Å². The highest BCUT2D eigenvalue weighted by Crippen LogP contribution is 2.45. The van der Waals surface area contributed by atoms with Gasteiger partial charge in [-0.05, 0) is 245 Å². The maximum absolute atomic E-state index is 9.03. The molecule has 1 fully saturated rings. The van der Waals surface area contributed by atoms with Gasteiger partial charge in [0.25, 0.3) is 0 Å². The molecule has 1 saturated carbocycles. The topological polar surface area (TPSA) is 15.5 Å². The van der Waals surface area contributed by atoms with E-state index in [0.29, 0.717) is 11.1 Å². The van der Waals surface area contributed by atoms with E-state index in [1.54, 1.807) is 24.3 Å². The van der Waals surface area contributed by atoms with E-state index in [9.17, 15) is 0 Å². The second-order valence-corrected chi connectivity index (χ2v) is 37.4. The molecule has 121 heavy (non-hydrogen) atoms. The van der Waals surface area contributed by atoms with Gasteiger partial charge < -0.3 is 0 Å². The number of pyridine rings is 4. The fourth-order valence-electron chi connectivity index (χ4n) is 18.3. The van der Waals surface area contributed by atoms with Crippen LogP contribution in [0.25, 0.3) is 191 Å². The quantitative estimate of drug-likeness (QED) is 0.141. The molecule has 0 aliphatic heterocycles. The molecular formula is C113H96N4S4+4. The smallest absolute Gasteiger partial charge is 0.200 e. The standard InChI is InChI=1S/C30H24NS.C29H28NS.C29H22NS.C25H22NS/c1-19-9-12-25(20(2)13-19)28-17-27-26-15-23-11-10-22(21-7-5-4-6-8-21)14-24(23)16-29(26)32-30(27)18-31(28)3;2*1-19-8-6-7-11-24(19)27-17-26-25-15-22-13-12-21(20-9-4-3-5-10-20)14-23(22)16-28(25)31-29(26)18-30(27)2;1-15-6-8-20(17(3)9-15)23-13-22-21-11-18-7-5-16(2)10-19(18)12-24(21)27-25(22)14-26(23)4/h4-18H,1-3H3;6-8,11-18,20H,3-5,9-10H2,1-2H3;3-18H,1-2H3;5-14H,1-4H3/q4*+1/i1D3;20D;;1D3. The SMILES string of the molecule is Cc1ccccc1-c1cc2c(c[n+]1C)sc1cc3cc(-c4ccccc4)ccc3cc12.[2H]C([2H])([2H])c1ccc(-c2cc3c(c[n+]2C)sc2cc4cc(-c5ccccc5)ccc4cc23)c(C)c1.[2H]C([2H])([2H])c1ccc(-c2cc3c(c[n+]2C)sc2cc4cc(C)ccc4cc23)c(C)c1.[2H]C1(c2ccc3cc4c(cc3c2)sc2c[n+](C)c(-c3ccccc3C)cc24)CCCCC1. The maximum atomic E-state index is 9.03. The number of benzene rings is 14. The summed E-state index contributed by atoms with van der Waals surface area (Å²) in [4.78, 5) is 0. The van der Waals surface area contributed by atoms with Crippen molar-refractivity contribution in [1.29, 1.82) is 0 Å². The maximum Gasteiger partial charge on any atom is 0.213 e. The number of aryl methyl sites for hydroxylation is 11. The largest absolute Gasteiger partial charge is 0.213 e. The fourth-order valence-corrected chi connectivity index (χ4v) is 23.1. The molecular weight excluding hydrogens is 1540 g/mol. The highest BCUT2D eigenvalue weighted by molar-refractivity contribution is 7.27. The van der Waals surface area contributed by atoms with Crippen molar-refractivity contribution in [3.8, 4) is 67.3 Å². The predicted octanol–water partition coefficient (Wildman–Crippen LogP) is 30.3. The van der Waals surface area contributed by atoms with Gasteiger partial charge in [0.05, 0.1) is 18.8 Å². The predicted molar refractivity (Wildman–Crippen MR) is 524 cm³/mol. The number of hydrogen-bond donors (Lipinski definition) is 0. The summed E-state index contributed by atoms with van der Waals surface area (Å²) < 4.78 is 74.4. The van der Waals surface area contributed by atoms with Crippen LogP contribution in [0.15, 0.2) is 316 Å². The number of hydrogen-bond acceptors (Lipinski definition) is 4. The molecule has 0 bridgehead atoms. The van der Waals surface area contributed by atoms with Crippen molar-refractivity contribution in [2.24, 2.45) is 28.2 Å². The molecule has 8 heteroatoms. The Hall–Kier alpha value is -12.4. The molecule has 1 aliphatic rings. The number of rotatable bonds is 7. The first-order chi connectivity index (χ1) is 61.7. The lowest BCUT2D eigenvalue weighted by atomic mass is 9.83. The Morgan fingerprint density at radius 1 is 0.256 bits per heavy atom. The molecule has 588 valence electrons. The van der Waals surface area contributed by atoms with Gasteiger partial charge in [-0.2, -0.15) is 18.3 Å². The molecule has 0 N–H and O–H groups in total. The zero-order chi connectivity index (χ0) is 88.3. The van der Waals surface area contributed by atoms with Crippen LogP contribution in [0.1, 0.15) is 92.1 Å². The van der Waals surface area contributed by atoms with Crippen LogP contribution in [0.3, 0.4) is 0 Å². The van der Waals surface area contributed by atoms with Crippen LogP contribution in [0.4, 0.5) is 0 Å². The molecule has 8 aromatic heterocycles. The summed E-state index contributed by atoms with van der Waals surface area (Å²) in [5, 5.41) is 20.4. The van der Waals surface area contributed by atoms with Crippen molar-refractivity contribution in [3.63, 3.8) is 0 Å². The minimum absolute atomic E-state index is 0.379. The molecule has 8 heterocycles. The number of aromatic nitrogens is 4. The molecule has 0 saturated heterocycles. The first-order valence-corrected chi connectivity index (χ1v) is 45.1. The summed E-state index contributed by atoms with van der Waals surface area (Å²) in [5.41, 5.74) is 22.1. The van der Waals surface area contributed by atoms with E-state index in [1.165, 1.54) is 210 Å². The van der Waals surface area contributed by atoms with E-state index in [4.69, 9.17) is 9.60 Å². The van der Waals surface area contributed by atoms with Crippen LogP contribution in [0.2, 0.25) is 0 Å². The van der Waals surface area contributed by atoms with Gasteiger partial charge >= 0.3 is 0 Å². The van der Waals surface area contributed by atoms with Gasteiger partial charge in [-0.25, -0.2) is 0 Å². The molecule has 23 rings (SSSR count).